The number of halogens is 1. The van der Waals surface area contributed by atoms with E-state index in [9.17, 15) is 9.59 Å². The van der Waals surface area contributed by atoms with Gasteiger partial charge in [0.2, 0.25) is 0 Å². The van der Waals surface area contributed by atoms with Gasteiger partial charge in [0, 0.05) is 5.02 Å². The topological polar surface area (TPSA) is 72.2 Å². The number of rotatable bonds is 3. The van der Waals surface area contributed by atoms with Crippen LogP contribution >= 0.6 is 11.6 Å². The Kier molecular flexibility index (Phi) is 3.40. The van der Waals surface area contributed by atoms with Gasteiger partial charge in [-0.25, -0.2) is 9.48 Å². The van der Waals surface area contributed by atoms with Crippen molar-refractivity contribution >= 4 is 23.4 Å². The van der Waals surface area contributed by atoms with Crippen LogP contribution in [0, 0.1) is 13.8 Å². The van der Waals surface area contributed by atoms with Crippen molar-refractivity contribution in [3.63, 3.8) is 0 Å². The van der Waals surface area contributed by atoms with Crippen LogP contribution in [0.25, 0.3) is 5.69 Å². The number of hydrogen-bond acceptors (Lipinski definition) is 3. The number of hydrogen-bond donors (Lipinski definition) is 1. The number of carboxylic acid groups (broad SMARTS) is 1. The van der Waals surface area contributed by atoms with Crippen LogP contribution in [-0.2, 0) is 4.79 Å². The number of carbonyl (C=O) groups excluding carboxylic acids is 1. The van der Waals surface area contributed by atoms with Crippen LogP contribution in [0.15, 0.2) is 24.3 Å². The molecule has 5 nitrogen and oxygen atoms in total. The Labute approximate surface area is 114 Å². The zero-order valence-corrected chi connectivity index (χ0v) is 11.1. The molecule has 0 atom stereocenters. The van der Waals surface area contributed by atoms with Crippen molar-refractivity contribution in [2.75, 3.05) is 0 Å². The summed E-state index contributed by atoms with van der Waals surface area (Å²) in [4.78, 5) is 22.4. The Hall–Kier alpha value is -2.14. The molecular weight excluding hydrogens is 268 g/mol. The van der Waals surface area contributed by atoms with Gasteiger partial charge in [-0.2, -0.15) is 5.10 Å². The number of nitrogens with zero attached hydrogens (tertiary/aromatic N) is 2. The molecule has 1 heterocycles. The third-order valence-corrected chi connectivity index (χ3v) is 3.00. The molecule has 0 radical (unpaired) electrons. The van der Waals surface area contributed by atoms with Crippen LogP contribution in [-0.4, -0.2) is 26.6 Å². The summed E-state index contributed by atoms with van der Waals surface area (Å²) >= 11 is 5.90. The average Bonchev–Trinajstić information content (AvgIpc) is 2.64. The largest absolute Gasteiger partial charge is 0.475 e. The van der Waals surface area contributed by atoms with E-state index >= 15 is 0 Å². The predicted octanol–water partition coefficient (Wildman–Crippen LogP) is 2.41. The summed E-state index contributed by atoms with van der Waals surface area (Å²) in [5, 5.41) is 13.5. The van der Waals surface area contributed by atoms with Crippen molar-refractivity contribution in [2.24, 2.45) is 0 Å². The molecule has 0 fully saturated rings. The van der Waals surface area contributed by atoms with Crippen molar-refractivity contribution in [3.8, 4) is 5.69 Å². The number of aryl methyl sites for hydroxylation is 1. The lowest BCUT2D eigenvalue weighted by Gasteiger charge is -2.04. The maximum Gasteiger partial charge on any atom is 0.377 e. The summed E-state index contributed by atoms with van der Waals surface area (Å²) in [7, 11) is 0. The van der Waals surface area contributed by atoms with Crippen molar-refractivity contribution in [3.05, 3.63) is 46.2 Å². The second-order valence-electron chi connectivity index (χ2n) is 4.07. The van der Waals surface area contributed by atoms with E-state index in [1.807, 2.05) is 0 Å². The van der Waals surface area contributed by atoms with Crippen LogP contribution < -0.4 is 0 Å². The molecule has 0 unspecified atom stereocenters. The molecule has 0 aliphatic rings. The lowest BCUT2D eigenvalue weighted by molar-refractivity contribution is -0.131. The number of carboxylic acids is 1. The second-order valence-corrected chi connectivity index (χ2v) is 4.51. The van der Waals surface area contributed by atoms with E-state index in [2.05, 4.69) is 5.10 Å². The summed E-state index contributed by atoms with van der Waals surface area (Å²) in [5.41, 5.74) is 1.65. The minimum atomic E-state index is -1.49. The van der Waals surface area contributed by atoms with Crippen LogP contribution in [0.2, 0.25) is 5.02 Å². The van der Waals surface area contributed by atoms with E-state index in [1.165, 1.54) is 4.68 Å². The van der Waals surface area contributed by atoms with Gasteiger partial charge in [-0.1, -0.05) is 17.7 Å². The zero-order valence-electron chi connectivity index (χ0n) is 10.3. The minimum Gasteiger partial charge on any atom is -0.475 e. The van der Waals surface area contributed by atoms with Crippen molar-refractivity contribution in [1.29, 1.82) is 0 Å². The van der Waals surface area contributed by atoms with Crippen LogP contribution in [0.3, 0.4) is 0 Å². The summed E-state index contributed by atoms with van der Waals surface area (Å²) in [5.74, 6) is -2.44. The summed E-state index contributed by atoms with van der Waals surface area (Å²) in [6.07, 6.45) is 0. The normalized spacial score (nSPS) is 10.5. The van der Waals surface area contributed by atoms with Gasteiger partial charge in [0.25, 0.3) is 5.78 Å². The van der Waals surface area contributed by atoms with Crippen LogP contribution in [0.5, 0.6) is 0 Å². The fraction of sp³-hybridized carbons (Fsp3) is 0.154. The number of aliphatic carboxylic acids is 1. The molecule has 0 spiro atoms. The van der Waals surface area contributed by atoms with Gasteiger partial charge < -0.3 is 5.11 Å². The molecule has 0 amide bonds. The van der Waals surface area contributed by atoms with Crippen molar-refractivity contribution in [1.82, 2.24) is 9.78 Å². The van der Waals surface area contributed by atoms with Crippen molar-refractivity contribution < 1.29 is 14.7 Å². The molecule has 0 saturated heterocycles. The van der Waals surface area contributed by atoms with Crippen LogP contribution in [0.1, 0.15) is 21.7 Å². The fourth-order valence-electron chi connectivity index (χ4n) is 1.94. The van der Waals surface area contributed by atoms with E-state index in [0.717, 1.165) is 0 Å². The molecule has 0 bridgehead atoms. The molecule has 1 aromatic heterocycles. The number of benzene rings is 1. The first kappa shape index (κ1) is 13.3. The summed E-state index contributed by atoms with van der Waals surface area (Å²) in [6.45, 7) is 3.25. The number of ketones is 1. The molecule has 0 saturated carbocycles. The lowest BCUT2D eigenvalue weighted by atomic mass is 10.1. The molecule has 0 aliphatic heterocycles. The first-order valence-electron chi connectivity index (χ1n) is 5.51. The fourth-order valence-corrected chi connectivity index (χ4v) is 2.12. The highest BCUT2D eigenvalue weighted by Crippen LogP contribution is 2.20. The van der Waals surface area contributed by atoms with Gasteiger partial charge in [0.15, 0.2) is 0 Å². The Morgan fingerprint density at radius 1 is 1.32 bits per heavy atom. The number of aromatic nitrogens is 2. The number of Topliss-reactive ketones (excluding diaryl/α,β-unsaturated/α-hetero) is 1. The second kappa shape index (κ2) is 4.85. The maximum absolute atomic E-state index is 11.6. The minimum absolute atomic E-state index is 0.118. The van der Waals surface area contributed by atoms with Crippen LogP contribution in [0.4, 0.5) is 0 Å². The highest BCUT2D eigenvalue weighted by atomic mass is 35.5. The third kappa shape index (κ3) is 2.37. The standard InChI is InChI=1S/C13H11ClN2O3/c1-7-11(12(17)13(18)19)8(2)16(15-7)10-5-3-4-9(14)6-10/h3-6H,1-2H3,(H,18,19). The summed E-state index contributed by atoms with van der Waals surface area (Å²) < 4.78 is 1.51. The molecule has 0 aliphatic carbocycles. The Balaban J connectivity index is 2.59. The van der Waals surface area contributed by atoms with Gasteiger partial charge in [-0.15, -0.1) is 0 Å². The van der Waals surface area contributed by atoms with Crippen molar-refractivity contribution in [2.45, 2.75) is 13.8 Å². The van der Waals surface area contributed by atoms with Gasteiger partial charge >= 0.3 is 5.97 Å². The third-order valence-electron chi connectivity index (χ3n) is 2.77. The monoisotopic (exact) mass is 278 g/mol. The van der Waals surface area contributed by atoms with E-state index in [-0.39, 0.29) is 5.56 Å². The highest BCUT2D eigenvalue weighted by Gasteiger charge is 2.24. The molecule has 6 heteroatoms. The lowest BCUT2D eigenvalue weighted by Crippen LogP contribution is -2.14. The summed E-state index contributed by atoms with van der Waals surface area (Å²) in [6, 6.07) is 6.95. The quantitative estimate of drug-likeness (QED) is 0.691. The SMILES string of the molecule is Cc1nn(-c2cccc(Cl)c2)c(C)c1C(=O)C(=O)O. The zero-order chi connectivity index (χ0) is 14.2. The molecule has 2 aromatic rings. The molecular formula is C13H11ClN2O3. The first-order chi connectivity index (χ1) is 8.91. The molecule has 98 valence electrons. The predicted molar refractivity (Wildman–Crippen MR) is 70.0 cm³/mol. The Bertz CT molecular complexity index is 677. The number of carbonyl (C=O) groups is 2. The highest BCUT2D eigenvalue weighted by molar-refractivity contribution is 6.40. The smallest absolute Gasteiger partial charge is 0.377 e. The van der Waals surface area contributed by atoms with E-state index in [1.54, 1.807) is 38.1 Å². The molecule has 1 N–H and O–H groups in total. The maximum atomic E-state index is 11.6. The first-order valence-corrected chi connectivity index (χ1v) is 5.89. The van der Waals surface area contributed by atoms with E-state index < -0.39 is 11.8 Å². The van der Waals surface area contributed by atoms with E-state index in [4.69, 9.17) is 16.7 Å². The van der Waals surface area contributed by atoms with Gasteiger partial charge in [-0.05, 0) is 32.0 Å². The molecule has 1 aromatic carbocycles. The van der Waals surface area contributed by atoms with E-state index in [0.29, 0.717) is 22.1 Å². The molecule has 2 rings (SSSR count). The van der Waals surface area contributed by atoms with Gasteiger partial charge in [0.05, 0.1) is 22.6 Å². The Morgan fingerprint density at radius 3 is 2.58 bits per heavy atom. The molecule has 19 heavy (non-hydrogen) atoms. The Morgan fingerprint density at radius 2 is 2.00 bits per heavy atom. The van der Waals surface area contributed by atoms with Gasteiger partial charge in [0.1, 0.15) is 0 Å². The van der Waals surface area contributed by atoms with Gasteiger partial charge in [-0.3, -0.25) is 4.79 Å². The average molecular weight is 279 g/mol.